The second-order valence-corrected chi connectivity index (χ2v) is 8.09. The lowest BCUT2D eigenvalue weighted by Crippen LogP contribution is -2.42. The van der Waals surface area contributed by atoms with Crippen molar-refractivity contribution in [1.29, 1.82) is 0 Å². The number of hydrogen-bond acceptors (Lipinski definition) is 2. The molecule has 2 fully saturated rings. The van der Waals surface area contributed by atoms with Gasteiger partial charge in [-0.05, 0) is 61.4 Å². The van der Waals surface area contributed by atoms with Crippen molar-refractivity contribution >= 4 is 11.6 Å². The van der Waals surface area contributed by atoms with Gasteiger partial charge in [0.1, 0.15) is 0 Å². The van der Waals surface area contributed by atoms with Gasteiger partial charge in [-0.1, -0.05) is 42.5 Å². The first-order chi connectivity index (χ1) is 13.9. The molecule has 29 heavy (non-hydrogen) atoms. The largest absolute Gasteiger partial charge is 0.471 e. The standard InChI is InChI=1S/C23H25F3N2O/c24-23(25,26)22(29)28(12-11-16-5-2-1-3-6-16)19-8-4-7-18(13-19)20-14-21(20)27-15-17-9-10-17/h1-8,13,17,20-21,27H,9-12,14-15H2. The second kappa shape index (κ2) is 8.19. The van der Waals surface area contributed by atoms with E-state index in [-0.39, 0.29) is 6.54 Å². The van der Waals surface area contributed by atoms with Crippen molar-refractivity contribution in [2.45, 2.75) is 43.8 Å². The average Bonchev–Trinajstić information content (AvgIpc) is 3.61. The molecule has 0 bridgehead atoms. The maximum absolute atomic E-state index is 13.2. The summed E-state index contributed by atoms with van der Waals surface area (Å²) in [5.74, 6) is -0.712. The van der Waals surface area contributed by atoms with Crippen LogP contribution in [0.15, 0.2) is 54.6 Å². The molecule has 2 aliphatic rings. The van der Waals surface area contributed by atoms with Gasteiger partial charge in [-0.15, -0.1) is 0 Å². The van der Waals surface area contributed by atoms with Crippen molar-refractivity contribution in [3.8, 4) is 0 Å². The highest BCUT2D eigenvalue weighted by Crippen LogP contribution is 2.42. The molecule has 2 aliphatic carbocycles. The van der Waals surface area contributed by atoms with Gasteiger partial charge >= 0.3 is 12.1 Å². The number of benzene rings is 2. The van der Waals surface area contributed by atoms with Crippen LogP contribution in [0.1, 0.15) is 36.3 Å². The predicted octanol–water partition coefficient (Wildman–Crippen LogP) is 4.68. The molecule has 0 spiro atoms. The van der Waals surface area contributed by atoms with Crippen LogP contribution in [0, 0.1) is 5.92 Å². The Morgan fingerprint density at radius 3 is 2.52 bits per heavy atom. The molecule has 0 heterocycles. The van der Waals surface area contributed by atoms with Gasteiger partial charge in [0.2, 0.25) is 0 Å². The maximum atomic E-state index is 13.2. The summed E-state index contributed by atoms with van der Waals surface area (Å²) in [6.07, 6.45) is -0.971. The van der Waals surface area contributed by atoms with Crippen LogP contribution in [0.4, 0.5) is 18.9 Å². The zero-order valence-corrected chi connectivity index (χ0v) is 16.2. The van der Waals surface area contributed by atoms with Gasteiger partial charge in [0, 0.05) is 24.2 Å². The molecule has 2 atom stereocenters. The molecule has 1 amide bonds. The minimum absolute atomic E-state index is 0.0141. The first-order valence-corrected chi connectivity index (χ1v) is 10.2. The monoisotopic (exact) mass is 402 g/mol. The van der Waals surface area contributed by atoms with Gasteiger partial charge in [-0.25, -0.2) is 0 Å². The molecule has 154 valence electrons. The Hall–Kier alpha value is -2.34. The van der Waals surface area contributed by atoms with Crippen LogP contribution in [-0.4, -0.2) is 31.2 Å². The summed E-state index contributed by atoms with van der Waals surface area (Å²) in [5, 5.41) is 3.55. The van der Waals surface area contributed by atoms with E-state index < -0.39 is 12.1 Å². The zero-order valence-electron chi connectivity index (χ0n) is 16.2. The van der Waals surface area contributed by atoms with E-state index in [1.807, 2.05) is 36.4 Å². The van der Waals surface area contributed by atoms with Crippen molar-refractivity contribution in [3.63, 3.8) is 0 Å². The number of hydrogen-bond donors (Lipinski definition) is 1. The lowest BCUT2D eigenvalue weighted by Gasteiger charge is -2.24. The van der Waals surface area contributed by atoms with Crippen LogP contribution < -0.4 is 10.2 Å². The molecular formula is C23H25F3N2O. The summed E-state index contributed by atoms with van der Waals surface area (Å²) in [5.41, 5.74) is 2.21. The maximum Gasteiger partial charge on any atom is 0.471 e. The van der Waals surface area contributed by atoms with Gasteiger partial charge in [-0.3, -0.25) is 4.79 Å². The number of amides is 1. The summed E-state index contributed by atoms with van der Waals surface area (Å²) in [7, 11) is 0. The van der Waals surface area contributed by atoms with Gasteiger partial charge in [0.25, 0.3) is 0 Å². The molecule has 2 aromatic rings. The number of carbonyl (C=O) groups excluding carboxylic acids is 1. The molecule has 3 nitrogen and oxygen atoms in total. The van der Waals surface area contributed by atoms with Crippen LogP contribution in [0.2, 0.25) is 0 Å². The molecule has 2 saturated carbocycles. The van der Waals surface area contributed by atoms with Crippen molar-refractivity contribution < 1.29 is 18.0 Å². The third-order valence-electron chi connectivity index (χ3n) is 5.72. The number of anilines is 1. The Morgan fingerprint density at radius 1 is 1.07 bits per heavy atom. The van der Waals surface area contributed by atoms with E-state index in [1.54, 1.807) is 18.2 Å². The number of alkyl halides is 3. The molecule has 0 aromatic heterocycles. The SMILES string of the molecule is O=C(N(CCc1ccccc1)c1cccc(C2CC2NCC2CC2)c1)C(F)(F)F. The van der Waals surface area contributed by atoms with Crippen molar-refractivity contribution in [2.75, 3.05) is 18.0 Å². The number of halogens is 3. The molecule has 1 N–H and O–H groups in total. The summed E-state index contributed by atoms with van der Waals surface area (Å²) in [6.45, 7) is 1.01. The van der Waals surface area contributed by atoms with E-state index in [0.717, 1.165) is 34.9 Å². The molecular weight excluding hydrogens is 377 g/mol. The van der Waals surface area contributed by atoms with Gasteiger partial charge in [0.15, 0.2) is 0 Å². The van der Waals surface area contributed by atoms with E-state index >= 15 is 0 Å². The Labute approximate surface area is 168 Å². The van der Waals surface area contributed by atoms with Crippen LogP contribution in [0.5, 0.6) is 0 Å². The number of nitrogens with one attached hydrogen (secondary N) is 1. The molecule has 0 radical (unpaired) electrons. The van der Waals surface area contributed by atoms with Crippen LogP contribution >= 0.6 is 0 Å². The van der Waals surface area contributed by atoms with Crippen molar-refractivity contribution in [2.24, 2.45) is 5.92 Å². The summed E-state index contributed by atoms with van der Waals surface area (Å²) in [6, 6.07) is 16.7. The minimum atomic E-state index is -4.90. The quantitative estimate of drug-likeness (QED) is 0.695. The third-order valence-corrected chi connectivity index (χ3v) is 5.72. The molecule has 2 aromatic carbocycles. The minimum Gasteiger partial charge on any atom is -0.313 e. The van der Waals surface area contributed by atoms with Gasteiger partial charge < -0.3 is 10.2 Å². The normalized spacial score (nSPS) is 21.1. The first kappa shape index (κ1) is 20.0. The zero-order chi connectivity index (χ0) is 20.4. The van der Waals surface area contributed by atoms with Crippen molar-refractivity contribution in [3.05, 3.63) is 65.7 Å². The molecule has 6 heteroatoms. The van der Waals surface area contributed by atoms with E-state index in [4.69, 9.17) is 0 Å². The Balaban J connectivity index is 1.48. The predicted molar refractivity (Wildman–Crippen MR) is 107 cm³/mol. The fourth-order valence-electron chi connectivity index (χ4n) is 3.74. The highest BCUT2D eigenvalue weighted by Gasteiger charge is 2.43. The fraction of sp³-hybridized carbons (Fsp3) is 0.435. The fourth-order valence-corrected chi connectivity index (χ4v) is 3.74. The Bertz CT molecular complexity index is 849. The number of rotatable bonds is 8. The molecule has 0 saturated heterocycles. The van der Waals surface area contributed by atoms with Crippen LogP contribution in [-0.2, 0) is 11.2 Å². The molecule has 4 rings (SSSR count). The average molecular weight is 402 g/mol. The summed E-state index contributed by atoms with van der Waals surface area (Å²) >= 11 is 0. The number of carbonyl (C=O) groups is 1. The van der Waals surface area contributed by atoms with Crippen molar-refractivity contribution in [1.82, 2.24) is 5.32 Å². The Kier molecular flexibility index (Phi) is 5.63. The number of nitrogens with zero attached hydrogens (tertiary/aromatic N) is 1. The molecule has 2 unspecified atom stereocenters. The summed E-state index contributed by atoms with van der Waals surface area (Å²) in [4.78, 5) is 13.0. The topological polar surface area (TPSA) is 32.3 Å². The van der Waals surface area contributed by atoms with Gasteiger partial charge in [-0.2, -0.15) is 13.2 Å². The van der Waals surface area contributed by atoms with E-state index in [9.17, 15) is 18.0 Å². The second-order valence-electron chi connectivity index (χ2n) is 8.09. The van der Waals surface area contributed by atoms with E-state index in [1.165, 1.54) is 12.8 Å². The third kappa shape index (κ3) is 5.18. The van der Waals surface area contributed by atoms with Crippen LogP contribution in [0.25, 0.3) is 0 Å². The molecule has 0 aliphatic heterocycles. The lowest BCUT2D eigenvalue weighted by atomic mass is 10.1. The van der Waals surface area contributed by atoms with E-state index in [2.05, 4.69) is 5.32 Å². The van der Waals surface area contributed by atoms with Crippen LogP contribution in [0.3, 0.4) is 0 Å². The smallest absolute Gasteiger partial charge is 0.313 e. The summed E-state index contributed by atoms with van der Waals surface area (Å²) < 4.78 is 39.7. The van der Waals surface area contributed by atoms with E-state index in [0.29, 0.717) is 24.1 Å². The Morgan fingerprint density at radius 2 is 1.83 bits per heavy atom. The highest BCUT2D eigenvalue weighted by atomic mass is 19.4. The first-order valence-electron chi connectivity index (χ1n) is 10.2. The lowest BCUT2D eigenvalue weighted by molar-refractivity contribution is -0.170. The highest BCUT2D eigenvalue weighted by molar-refractivity contribution is 5.97. The van der Waals surface area contributed by atoms with Gasteiger partial charge in [0.05, 0.1) is 0 Å².